The van der Waals surface area contributed by atoms with E-state index in [4.69, 9.17) is 21.6 Å². The second kappa shape index (κ2) is 8.68. The van der Waals surface area contributed by atoms with E-state index in [0.717, 1.165) is 93.2 Å². The number of aliphatic hydroxyl groups excluding tert-OH is 1. The summed E-state index contributed by atoms with van der Waals surface area (Å²) in [5.74, 6) is 3.38. The highest BCUT2D eigenvalue weighted by Gasteiger charge is 2.47. The minimum atomic E-state index is -1.09. The number of aromatic nitrogens is 4. The van der Waals surface area contributed by atoms with Crippen molar-refractivity contribution in [3.8, 4) is 0 Å². The Morgan fingerprint density at radius 3 is 2.50 bits per heavy atom. The summed E-state index contributed by atoms with van der Waals surface area (Å²) in [6.07, 6.45) is 12.5. The molecule has 0 aromatic carbocycles. The minimum absolute atomic E-state index is 0.0685. The number of aliphatic hydroxyl groups is 1. The average Bonchev–Trinajstić information content (AvgIpc) is 2.80. The highest BCUT2D eigenvalue weighted by atomic mass is 35.5. The number of hydrogen-bond acceptors (Lipinski definition) is 8. The highest BCUT2D eigenvalue weighted by Crippen LogP contribution is 2.49. The van der Waals surface area contributed by atoms with Gasteiger partial charge in [-0.25, -0.2) is 15.0 Å². The van der Waals surface area contributed by atoms with Gasteiger partial charge in [0.05, 0.1) is 33.7 Å². The van der Waals surface area contributed by atoms with Crippen molar-refractivity contribution in [1.82, 2.24) is 19.9 Å². The van der Waals surface area contributed by atoms with E-state index < -0.39 is 10.8 Å². The summed E-state index contributed by atoms with van der Waals surface area (Å²) in [6.45, 7) is 1.97. The quantitative estimate of drug-likeness (QED) is 0.640. The lowest BCUT2D eigenvalue weighted by atomic mass is 9.66. The first-order chi connectivity index (χ1) is 16.5. The monoisotopic (exact) mass is 502 g/mol. The zero-order valence-electron chi connectivity index (χ0n) is 19.3. The van der Waals surface area contributed by atoms with Crippen LogP contribution < -0.4 is 10.2 Å². The first kappa shape index (κ1) is 22.6. The summed E-state index contributed by atoms with van der Waals surface area (Å²) < 4.78 is 12.9. The van der Waals surface area contributed by atoms with E-state index in [1.807, 2.05) is 0 Å². The van der Waals surface area contributed by atoms with Crippen molar-refractivity contribution >= 4 is 34.2 Å². The van der Waals surface area contributed by atoms with Crippen LogP contribution in [0.15, 0.2) is 17.3 Å². The second-order valence-corrected chi connectivity index (χ2v) is 12.6. The fourth-order valence-corrected chi connectivity index (χ4v) is 7.44. The molecule has 0 bridgehead atoms. The molecule has 1 spiro atoms. The molecule has 3 fully saturated rings. The van der Waals surface area contributed by atoms with Crippen LogP contribution in [0.1, 0.15) is 68.8 Å². The molecule has 182 valence electrons. The van der Waals surface area contributed by atoms with Gasteiger partial charge in [-0.2, -0.15) is 4.98 Å². The lowest BCUT2D eigenvalue weighted by Crippen LogP contribution is -2.58. The summed E-state index contributed by atoms with van der Waals surface area (Å²) >= 11 is 5.94. The molecule has 2 aliphatic heterocycles. The van der Waals surface area contributed by atoms with Crippen LogP contribution in [-0.2, 0) is 17.2 Å². The zero-order valence-corrected chi connectivity index (χ0v) is 20.9. The number of aryl methyl sites for hydroxylation is 1. The normalized spacial score (nSPS) is 25.4. The Morgan fingerprint density at radius 2 is 1.85 bits per heavy atom. The Kier molecular flexibility index (Phi) is 5.77. The van der Waals surface area contributed by atoms with E-state index in [2.05, 4.69) is 20.2 Å². The van der Waals surface area contributed by atoms with Gasteiger partial charge in [-0.15, -0.1) is 0 Å². The molecule has 4 aliphatic rings. The summed E-state index contributed by atoms with van der Waals surface area (Å²) in [4.78, 5) is 21.7. The van der Waals surface area contributed by atoms with Gasteiger partial charge in [0.25, 0.3) is 0 Å². The van der Waals surface area contributed by atoms with Crippen molar-refractivity contribution in [2.24, 2.45) is 5.41 Å². The molecule has 0 radical (unpaired) electrons. The van der Waals surface area contributed by atoms with Gasteiger partial charge < -0.3 is 15.3 Å². The zero-order chi connectivity index (χ0) is 23.3. The molecule has 2 aliphatic carbocycles. The standard InChI is InChI=1S/C24H31ClN6O2S/c25-17-11-26-20(27-12-17)16-4-8-23(9-5-16)13-31(14-23)22-28-18-3-1-10-34(33)19(18)21(29-22)30-24(15-32)6-2-7-24/h11-12,16,32H,1-10,13-15H2,(H,28,29,30)/t34-/m0/s1. The van der Waals surface area contributed by atoms with Crippen LogP contribution in [0, 0.1) is 5.41 Å². The Morgan fingerprint density at radius 1 is 1.12 bits per heavy atom. The second-order valence-electron chi connectivity index (χ2n) is 10.6. The van der Waals surface area contributed by atoms with Gasteiger partial charge in [-0.1, -0.05) is 11.6 Å². The Balaban J connectivity index is 1.18. The van der Waals surface area contributed by atoms with Crippen LogP contribution >= 0.6 is 11.6 Å². The maximum Gasteiger partial charge on any atom is 0.227 e. The van der Waals surface area contributed by atoms with Gasteiger partial charge in [-0.3, -0.25) is 4.21 Å². The maximum atomic E-state index is 12.9. The number of fused-ring (bicyclic) bond motifs is 1. The molecule has 2 N–H and O–H groups in total. The van der Waals surface area contributed by atoms with Crippen molar-refractivity contribution in [2.45, 2.75) is 74.1 Å². The third kappa shape index (κ3) is 3.99. The average molecular weight is 503 g/mol. The predicted molar refractivity (Wildman–Crippen MR) is 132 cm³/mol. The lowest BCUT2D eigenvalue weighted by Gasteiger charge is -2.53. The third-order valence-electron chi connectivity index (χ3n) is 8.28. The van der Waals surface area contributed by atoms with E-state index in [1.54, 1.807) is 12.4 Å². The van der Waals surface area contributed by atoms with E-state index in [9.17, 15) is 9.32 Å². The van der Waals surface area contributed by atoms with Crippen LogP contribution in [0.5, 0.6) is 0 Å². The molecule has 8 nitrogen and oxygen atoms in total. The fourth-order valence-electron chi connectivity index (χ4n) is 6.01. The van der Waals surface area contributed by atoms with Crippen molar-refractivity contribution in [3.63, 3.8) is 0 Å². The molecule has 34 heavy (non-hydrogen) atoms. The molecule has 0 amide bonds. The number of hydrogen-bond donors (Lipinski definition) is 2. The van der Waals surface area contributed by atoms with Gasteiger partial charge >= 0.3 is 0 Å². The van der Waals surface area contributed by atoms with E-state index >= 15 is 0 Å². The summed E-state index contributed by atoms with van der Waals surface area (Å²) in [5.41, 5.74) is 0.882. The lowest BCUT2D eigenvalue weighted by molar-refractivity contribution is 0.124. The molecule has 1 saturated heterocycles. The van der Waals surface area contributed by atoms with Gasteiger partial charge in [0.2, 0.25) is 5.95 Å². The van der Waals surface area contributed by atoms with Crippen LogP contribution in [0.4, 0.5) is 11.8 Å². The summed E-state index contributed by atoms with van der Waals surface area (Å²) in [7, 11) is -1.09. The van der Waals surface area contributed by atoms with E-state index in [0.29, 0.717) is 27.9 Å². The first-order valence-corrected chi connectivity index (χ1v) is 14.1. The summed E-state index contributed by atoms with van der Waals surface area (Å²) in [6, 6.07) is 0. The first-order valence-electron chi connectivity index (χ1n) is 12.4. The van der Waals surface area contributed by atoms with Crippen LogP contribution in [-0.4, -0.2) is 60.2 Å². The molecule has 2 saturated carbocycles. The molecule has 2 aromatic rings. The molecular weight excluding hydrogens is 472 g/mol. The summed E-state index contributed by atoms with van der Waals surface area (Å²) in [5, 5.41) is 14.1. The minimum Gasteiger partial charge on any atom is -0.394 e. The number of rotatable bonds is 5. The number of nitrogens with zero attached hydrogens (tertiary/aromatic N) is 5. The van der Waals surface area contributed by atoms with Crippen molar-refractivity contribution in [3.05, 3.63) is 28.9 Å². The fraction of sp³-hybridized carbons (Fsp3) is 0.667. The Hall–Kier alpha value is -1.84. The molecule has 0 unspecified atom stereocenters. The Bertz CT molecular complexity index is 1090. The number of nitrogens with one attached hydrogen (secondary N) is 1. The van der Waals surface area contributed by atoms with Gasteiger partial charge in [0.1, 0.15) is 16.5 Å². The topological polar surface area (TPSA) is 104 Å². The molecule has 4 heterocycles. The largest absolute Gasteiger partial charge is 0.394 e. The molecule has 10 heteroatoms. The van der Waals surface area contributed by atoms with Gasteiger partial charge in [0.15, 0.2) is 0 Å². The van der Waals surface area contributed by atoms with Gasteiger partial charge in [0, 0.05) is 42.6 Å². The van der Waals surface area contributed by atoms with E-state index in [-0.39, 0.29) is 12.1 Å². The van der Waals surface area contributed by atoms with Crippen molar-refractivity contribution < 1.29 is 9.32 Å². The van der Waals surface area contributed by atoms with Crippen LogP contribution in [0.2, 0.25) is 5.02 Å². The van der Waals surface area contributed by atoms with Crippen molar-refractivity contribution in [2.75, 3.05) is 35.7 Å². The molecule has 6 rings (SSSR count). The number of halogens is 1. The SMILES string of the molecule is O=[S@]1CCCc2nc(N3CC4(CCC(c5ncc(Cl)cn5)CC4)C3)nc(NC3(CO)CCC3)c21. The van der Waals surface area contributed by atoms with Crippen molar-refractivity contribution in [1.29, 1.82) is 0 Å². The van der Waals surface area contributed by atoms with E-state index in [1.165, 1.54) is 0 Å². The Labute approximate surface area is 207 Å². The number of anilines is 2. The molecule has 2 aromatic heterocycles. The maximum absolute atomic E-state index is 12.9. The van der Waals surface area contributed by atoms with Gasteiger partial charge in [-0.05, 0) is 57.8 Å². The predicted octanol–water partition coefficient (Wildman–Crippen LogP) is 3.46. The highest BCUT2D eigenvalue weighted by molar-refractivity contribution is 7.85. The third-order valence-corrected chi connectivity index (χ3v) is 10.0. The molecular formula is C24H31ClN6O2S. The van der Waals surface area contributed by atoms with Crippen LogP contribution in [0.25, 0.3) is 0 Å². The molecule has 1 atom stereocenters. The smallest absolute Gasteiger partial charge is 0.227 e. The van der Waals surface area contributed by atoms with Crippen LogP contribution in [0.3, 0.4) is 0 Å².